The van der Waals surface area contributed by atoms with Gasteiger partial charge in [0.2, 0.25) is 0 Å². The van der Waals surface area contributed by atoms with Crippen LogP contribution >= 0.6 is 23.6 Å². The third kappa shape index (κ3) is 3.57. The Morgan fingerprint density at radius 3 is 2.96 bits per heavy atom. The van der Waals surface area contributed by atoms with Crippen LogP contribution in [-0.2, 0) is 9.53 Å². The van der Waals surface area contributed by atoms with E-state index < -0.39 is 0 Å². The monoisotopic (exact) mass is 361 g/mol. The predicted molar refractivity (Wildman–Crippen MR) is 97.7 cm³/mol. The average molecular weight is 361 g/mol. The summed E-state index contributed by atoms with van der Waals surface area (Å²) in [6.45, 7) is 0.701. The molecule has 3 heterocycles. The first-order valence-corrected chi connectivity index (χ1v) is 9.08. The van der Waals surface area contributed by atoms with Crippen LogP contribution in [0.1, 0.15) is 35.5 Å². The number of hydrogen-bond acceptors (Lipinski definition) is 5. The molecule has 0 spiro atoms. The van der Waals surface area contributed by atoms with Gasteiger partial charge in [0.25, 0.3) is 0 Å². The zero-order valence-electron chi connectivity index (χ0n) is 13.3. The van der Waals surface area contributed by atoms with Crippen LogP contribution in [0.5, 0.6) is 0 Å². The maximum atomic E-state index is 11.4. The summed E-state index contributed by atoms with van der Waals surface area (Å²) < 4.78 is 4.72. The molecule has 2 atom stereocenters. The Labute approximate surface area is 150 Å². The number of methoxy groups -OCH3 is 1. The van der Waals surface area contributed by atoms with Gasteiger partial charge < -0.3 is 15.0 Å². The van der Waals surface area contributed by atoms with Crippen LogP contribution in [0, 0.1) is 0 Å². The first-order valence-electron chi connectivity index (χ1n) is 7.79. The molecule has 1 N–H and O–H groups in total. The number of thiophene rings is 1. The molecule has 0 aromatic carbocycles. The summed E-state index contributed by atoms with van der Waals surface area (Å²) in [6.07, 6.45) is 2.89. The fourth-order valence-electron chi connectivity index (χ4n) is 2.91. The second kappa shape index (κ2) is 7.72. The molecule has 2 aromatic rings. The minimum atomic E-state index is -0.193. The van der Waals surface area contributed by atoms with Gasteiger partial charge in [-0.2, -0.15) is 0 Å². The molecule has 1 aliphatic heterocycles. The second-order valence-corrected chi connectivity index (χ2v) is 6.88. The lowest BCUT2D eigenvalue weighted by atomic mass is 10.0. The number of pyridine rings is 1. The summed E-state index contributed by atoms with van der Waals surface area (Å²) in [5, 5.41) is 6.17. The smallest absolute Gasteiger partial charge is 0.305 e. The Morgan fingerprint density at radius 2 is 2.29 bits per heavy atom. The van der Waals surface area contributed by atoms with Crippen molar-refractivity contribution in [2.24, 2.45) is 0 Å². The van der Waals surface area contributed by atoms with Crippen LogP contribution in [0.15, 0.2) is 41.9 Å². The van der Waals surface area contributed by atoms with Crippen molar-refractivity contribution in [2.45, 2.75) is 24.9 Å². The first kappa shape index (κ1) is 16.9. The maximum absolute atomic E-state index is 11.4. The Hall–Kier alpha value is -1.99. The Balaban J connectivity index is 1.81. The molecular weight excluding hydrogens is 342 g/mol. The highest BCUT2D eigenvalue weighted by atomic mass is 32.1. The zero-order chi connectivity index (χ0) is 16.9. The molecule has 0 saturated carbocycles. The quantitative estimate of drug-likeness (QED) is 0.630. The predicted octanol–water partition coefficient (Wildman–Crippen LogP) is 3.07. The normalized spacial score (nSPS) is 20.0. The number of nitrogens with zero attached hydrogens (tertiary/aromatic N) is 2. The summed E-state index contributed by atoms with van der Waals surface area (Å²) in [6, 6.07) is 10.2. The minimum Gasteiger partial charge on any atom is -0.469 e. The summed E-state index contributed by atoms with van der Waals surface area (Å²) in [7, 11) is 1.41. The van der Waals surface area contributed by atoms with Crippen LogP contribution in [0.2, 0.25) is 0 Å². The molecule has 1 aliphatic rings. The van der Waals surface area contributed by atoms with Crippen LogP contribution < -0.4 is 5.32 Å². The van der Waals surface area contributed by atoms with Crippen molar-refractivity contribution in [3.05, 3.63) is 52.5 Å². The molecule has 3 rings (SSSR count). The SMILES string of the molecule is COC(=O)CCCN1C(=S)N[C@H](c2ccccn2)[C@H]1c1cccs1. The van der Waals surface area contributed by atoms with Crippen molar-refractivity contribution in [1.82, 2.24) is 15.2 Å². The van der Waals surface area contributed by atoms with Gasteiger partial charge in [-0.1, -0.05) is 12.1 Å². The molecule has 2 aromatic heterocycles. The van der Waals surface area contributed by atoms with Crippen molar-refractivity contribution in [1.29, 1.82) is 0 Å². The molecule has 0 bridgehead atoms. The van der Waals surface area contributed by atoms with Crippen molar-refractivity contribution in [3.63, 3.8) is 0 Å². The van der Waals surface area contributed by atoms with Gasteiger partial charge in [-0.25, -0.2) is 0 Å². The number of nitrogens with one attached hydrogen (secondary N) is 1. The van der Waals surface area contributed by atoms with E-state index in [9.17, 15) is 4.79 Å². The summed E-state index contributed by atoms with van der Waals surface area (Å²) in [5.74, 6) is -0.193. The van der Waals surface area contributed by atoms with Crippen molar-refractivity contribution < 1.29 is 9.53 Å². The molecular formula is C17H19N3O2S2. The molecule has 0 amide bonds. The Morgan fingerprint density at radius 1 is 1.42 bits per heavy atom. The zero-order valence-corrected chi connectivity index (χ0v) is 15.0. The van der Waals surface area contributed by atoms with Crippen molar-refractivity contribution in [3.8, 4) is 0 Å². The highest BCUT2D eigenvalue weighted by Gasteiger charge is 2.39. The number of ether oxygens (including phenoxy) is 1. The van der Waals surface area contributed by atoms with Gasteiger partial charge in [-0.15, -0.1) is 11.3 Å². The van der Waals surface area contributed by atoms with Crippen molar-refractivity contribution >= 4 is 34.6 Å². The minimum absolute atomic E-state index is 0.00970. The third-order valence-corrected chi connectivity index (χ3v) is 5.34. The Kier molecular flexibility index (Phi) is 5.42. The third-order valence-electron chi connectivity index (χ3n) is 4.04. The van der Waals surface area contributed by atoms with E-state index in [1.165, 1.54) is 12.0 Å². The molecule has 1 saturated heterocycles. The van der Waals surface area contributed by atoms with Gasteiger partial charge in [0, 0.05) is 24.0 Å². The molecule has 24 heavy (non-hydrogen) atoms. The van der Waals surface area contributed by atoms with E-state index in [2.05, 4.69) is 26.6 Å². The summed E-state index contributed by atoms with van der Waals surface area (Å²) >= 11 is 7.26. The van der Waals surface area contributed by atoms with Crippen molar-refractivity contribution in [2.75, 3.05) is 13.7 Å². The number of carbonyl (C=O) groups is 1. The lowest BCUT2D eigenvalue weighted by Crippen LogP contribution is -2.30. The molecule has 0 radical (unpaired) electrons. The highest BCUT2D eigenvalue weighted by molar-refractivity contribution is 7.80. The lowest BCUT2D eigenvalue weighted by molar-refractivity contribution is -0.140. The maximum Gasteiger partial charge on any atom is 0.305 e. The van der Waals surface area contributed by atoms with E-state index in [1.807, 2.05) is 24.3 Å². The van der Waals surface area contributed by atoms with Crippen LogP contribution in [0.25, 0.3) is 0 Å². The lowest BCUT2D eigenvalue weighted by Gasteiger charge is -2.26. The summed E-state index contributed by atoms with van der Waals surface area (Å²) in [4.78, 5) is 19.2. The van der Waals surface area contributed by atoms with E-state index in [1.54, 1.807) is 17.5 Å². The van der Waals surface area contributed by atoms with E-state index >= 15 is 0 Å². The van der Waals surface area contributed by atoms with E-state index in [4.69, 9.17) is 17.0 Å². The molecule has 0 unspecified atom stereocenters. The largest absolute Gasteiger partial charge is 0.469 e. The topological polar surface area (TPSA) is 54.5 Å². The molecule has 126 valence electrons. The standard InChI is InChI=1S/C17H19N3O2S2/c1-22-14(21)8-4-10-20-16(13-7-5-11-24-13)15(19-17(20)23)12-6-2-3-9-18-12/h2-3,5-7,9,11,15-16H,4,8,10H2,1H3,(H,19,23)/t15-,16-/m1/s1. The Bertz CT molecular complexity index is 691. The fourth-order valence-corrected chi connectivity index (χ4v) is 4.12. The fraction of sp³-hybridized carbons (Fsp3) is 0.353. The molecule has 0 aliphatic carbocycles. The number of carbonyl (C=O) groups excluding carboxylic acids is 1. The number of hydrogen-bond donors (Lipinski definition) is 1. The van der Waals surface area contributed by atoms with Crippen LogP contribution in [-0.4, -0.2) is 34.6 Å². The molecule has 5 nitrogen and oxygen atoms in total. The molecule has 1 fully saturated rings. The summed E-state index contributed by atoms with van der Waals surface area (Å²) in [5.41, 5.74) is 0.966. The van der Waals surface area contributed by atoms with Gasteiger partial charge in [0.1, 0.15) is 0 Å². The number of rotatable bonds is 6. The average Bonchev–Trinajstić information content (AvgIpc) is 3.24. The van der Waals surface area contributed by atoms with Crippen LogP contribution in [0.4, 0.5) is 0 Å². The number of esters is 1. The first-order chi connectivity index (χ1) is 11.7. The second-order valence-electron chi connectivity index (χ2n) is 5.52. The number of thiocarbonyl (C=S) groups is 1. The van der Waals surface area contributed by atoms with Gasteiger partial charge in [-0.05, 0) is 42.2 Å². The highest BCUT2D eigenvalue weighted by Crippen LogP contribution is 2.40. The van der Waals surface area contributed by atoms with Gasteiger partial charge in [0.05, 0.1) is 24.9 Å². The van der Waals surface area contributed by atoms with E-state index in [0.717, 1.165) is 5.69 Å². The van der Waals surface area contributed by atoms with Crippen LogP contribution in [0.3, 0.4) is 0 Å². The van der Waals surface area contributed by atoms with E-state index in [0.29, 0.717) is 24.5 Å². The van der Waals surface area contributed by atoms with Gasteiger partial charge >= 0.3 is 5.97 Å². The molecule has 7 heteroatoms. The van der Waals surface area contributed by atoms with Gasteiger partial charge in [-0.3, -0.25) is 9.78 Å². The van der Waals surface area contributed by atoms with Gasteiger partial charge in [0.15, 0.2) is 5.11 Å². The number of aromatic nitrogens is 1. The van der Waals surface area contributed by atoms with E-state index in [-0.39, 0.29) is 18.1 Å².